The van der Waals surface area contributed by atoms with Crippen LogP contribution in [0.2, 0.25) is 0 Å². The average molecular weight is 346 g/mol. The van der Waals surface area contributed by atoms with E-state index >= 15 is 0 Å². The molecule has 1 aliphatic heterocycles. The van der Waals surface area contributed by atoms with E-state index in [4.69, 9.17) is 4.98 Å². The molecule has 2 aliphatic rings. The van der Waals surface area contributed by atoms with Crippen molar-refractivity contribution < 1.29 is 4.79 Å². The van der Waals surface area contributed by atoms with Gasteiger partial charge in [-0.3, -0.25) is 14.6 Å². The van der Waals surface area contributed by atoms with Gasteiger partial charge in [0.25, 0.3) is 11.5 Å². The Bertz CT molecular complexity index is 1080. The smallest absolute Gasteiger partial charge is 0.254 e. The van der Waals surface area contributed by atoms with Crippen LogP contribution in [0.25, 0.3) is 10.9 Å². The fraction of sp³-hybridized carbons (Fsp3) is 0.300. The molecule has 0 spiro atoms. The van der Waals surface area contributed by atoms with Gasteiger partial charge in [0.05, 0.1) is 29.6 Å². The first kappa shape index (κ1) is 15.3. The van der Waals surface area contributed by atoms with E-state index in [1.165, 1.54) is 6.33 Å². The molecule has 0 bridgehead atoms. The summed E-state index contributed by atoms with van der Waals surface area (Å²) in [6.45, 7) is 0.892. The van der Waals surface area contributed by atoms with Crippen LogP contribution in [0, 0.1) is 0 Å². The lowest BCUT2D eigenvalue weighted by Gasteiger charge is -2.28. The van der Waals surface area contributed by atoms with Crippen LogP contribution in [0.5, 0.6) is 0 Å². The van der Waals surface area contributed by atoms with Crippen LogP contribution in [0.4, 0.5) is 0 Å². The van der Waals surface area contributed by atoms with Gasteiger partial charge in [-0.25, -0.2) is 4.98 Å². The van der Waals surface area contributed by atoms with Crippen LogP contribution < -0.4 is 5.56 Å². The largest absolute Gasteiger partial charge is 0.332 e. The molecule has 0 radical (unpaired) electrons. The van der Waals surface area contributed by atoms with Crippen molar-refractivity contribution in [1.29, 1.82) is 0 Å². The second kappa shape index (κ2) is 5.76. The third kappa shape index (κ3) is 2.49. The minimum absolute atomic E-state index is 0.0155. The normalized spacial score (nSPS) is 16.5. The maximum Gasteiger partial charge on any atom is 0.254 e. The van der Waals surface area contributed by atoms with Crippen LogP contribution in [0.3, 0.4) is 0 Å². The first-order valence-electron chi connectivity index (χ1n) is 8.95. The van der Waals surface area contributed by atoms with E-state index in [2.05, 4.69) is 9.97 Å². The number of rotatable bonds is 2. The van der Waals surface area contributed by atoms with Gasteiger partial charge in [0.1, 0.15) is 0 Å². The lowest BCUT2D eigenvalue weighted by molar-refractivity contribution is 0.0733. The van der Waals surface area contributed by atoms with Gasteiger partial charge in [-0.2, -0.15) is 0 Å². The summed E-state index contributed by atoms with van der Waals surface area (Å²) in [5.41, 5.74) is 3.86. The van der Waals surface area contributed by atoms with Crippen LogP contribution in [-0.2, 0) is 13.0 Å². The van der Waals surface area contributed by atoms with Gasteiger partial charge in [-0.15, -0.1) is 0 Å². The lowest BCUT2D eigenvalue weighted by atomic mass is 10.0. The SMILES string of the molecule is O=C(c1cc(C2CC2)nc2ccccc12)N1CCc2c(nc[nH]c2=O)C1. The molecule has 6 heteroatoms. The number of para-hydroxylation sites is 1. The number of carbonyl (C=O) groups excluding carboxylic acids is 1. The molecule has 26 heavy (non-hydrogen) atoms. The van der Waals surface area contributed by atoms with Gasteiger partial charge >= 0.3 is 0 Å². The molecule has 0 atom stereocenters. The Kier molecular flexibility index (Phi) is 3.38. The molecule has 0 saturated heterocycles. The fourth-order valence-electron chi connectivity index (χ4n) is 3.67. The molecule has 1 saturated carbocycles. The summed E-state index contributed by atoms with van der Waals surface area (Å²) in [7, 11) is 0. The summed E-state index contributed by atoms with van der Waals surface area (Å²) >= 11 is 0. The third-order valence-electron chi connectivity index (χ3n) is 5.26. The van der Waals surface area contributed by atoms with Crippen molar-refractivity contribution in [1.82, 2.24) is 19.9 Å². The zero-order chi connectivity index (χ0) is 17.7. The first-order valence-corrected chi connectivity index (χ1v) is 8.95. The van der Waals surface area contributed by atoms with Gasteiger partial charge in [0.2, 0.25) is 0 Å². The lowest BCUT2D eigenvalue weighted by Crippen LogP contribution is -2.39. The maximum atomic E-state index is 13.3. The number of nitrogens with zero attached hydrogens (tertiary/aromatic N) is 3. The van der Waals surface area contributed by atoms with Crippen molar-refractivity contribution in [3.8, 4) is 0 Å². The summed E-state index contributed by atoms with van der Waals surface area (Å²) in [6.07, 6.45) is 4.22. The molecular formula is C20H18N4O2. The monoisotopic (exact) mass is 346 g/mol. The van der Waals surface area contributed by atoms with E-state index < -0.39 is 0 Å². The molecular weight excluding hydrogens is 328 g/mol. The second-order valence-electron chi connectivity index (χ2n) is 7.02. The van der Waals surface area contributed by atoms with Crippen LogP contribution in [0.15, 0.2) is 41.5 Å². The Morgan fingerprint density at radius 1 is 1.23 bits per heavy atom. The summed E-state index contributed by atoms with van der Waals surface area (Å²) < 4.78 is 0. The highest BCUT2D eigenvalue weighted by Gasteiger charge is 2.29. The van der Waals surface area contributed by atoms with Crippen molar-refractivity contribution >= 4 is 16.8 Å². The number of amides is 1. The molecule has 1 N–H and O–H groups in total. The van der Waals surface area contributed by atoms with Crippen molar-refractivity contribution in [2.45, 2.75) is 31.7 Å². The topological polar surface area (TPSA) is 79.0 Å². The zero-order valence-electron chi connectivity index (χ0n) is 14.2. The van der Waals surface area contributed by atoms with E-state index in [-0.39, 0.29) is 11.5 Å². The Hall–Kier alpha value is -3.02. The Balaban J connectivity index is 1.55. The molecule has 3 aromatic rings. The predicted molar refractivity (Wildman–Crippen MR) is 97.0 cm³/mol. The number of benzene rings is 1. The molecule has 1 fully saturated rings. The molecule has 3 heterocycles. The zero-order valence-corrected chi connectivity index (χ0v) is 14.2. The number of aromatic amines is 1. The van der Waals surface area contributed by atoms with E-state index in [1.54, 1.807) is 4.90 Å². The molecule has 1 amide bonds. The minimum Gasteiger partial charge on any atom is -0.332 e. The minimum atomic E-state index is -0.104. The molecule has 6 nitrogen and oxygen atoms in total. The van der Waals surface area contributed by atoms with Gasteiger partial charge in [0.15, 0.2) is 0 Å². The highest BCUT2D eigenvalue weighted by Crippen LogP contribution is 2.40. The highest BCUT2D eigenvalue weighted by atomic mass is 16.2. The number of hydrogen-bond acceptors (Lipinski definition) is 4. The van der Waals surface area contributed by atoms with Gasteiger partial charge in [-0.1, -0.05) is 18.2 Å². The molecule has 1 aromatic carbocycles. The molecule has 5 rings (SSSR count). The number of aromatic nitrogens is 3. The van der Waals surface area contributed by atoms with Gasteiger partial charge in [-0.05, 0) is 31.4 Å². The van der Waals surface area contributed by atoms with E-state index in [9.17, 15) is 9.59 Å². The molecule has 1 aliphatic carbocycles. The summed E-state index contributed by atoms with van der Waals surface area (Å²) in [5.74, 6) is 0.465. The van der Waals surface area contributed by atoms with Crippen LogP contribution in [0.1, 0.15) is 46.1 Å². The van der Waals surface area contributed by atoms with Crippen LogP contribution in [-0.4, -0.2) is 32.3 Å². The summed E-state index contributed by atoms with van der Waals surface area (Å²) in [5, 5.41) is 0.881. The highest BCUT2D eigenvalue weighted by molar-refractivity contribution is 6.06. The Labute approximate surface area is 149 Å². The predicted octanol–water partition coefficient (Wildman–Crippen LogP) is 2.39. The molecule has 2 aromatic heterocycles. The number of H-pyrrole nitrogens is 1. The number of carbonyl (C=O) groups is 1. The summed E-state index contributed by atoms with van der Waals surface area (Å²) in [4.78, 5) is 38.6. The maximum absolute atomic E-state index is 13.3. The fourth-order valence-corrected chi connectivity index (χ4v) is 3.67. The number of nitrogens with one attached hydrogen (secondary N) is 1. The van der Waals surface area contributed by atoms with E-state index in [0.717, 1.165) is 29.4 Å². The Morgan fingerprint density at radius 3 is 2.92 bits per heavy atom. The van der Waals surface area contributed by atoms with Gasteiger partial charge < -0.3 is 9.88 Å². The quantitative estimate of drug-likeness (QED) is 0.773. The van der Waals surface area contributed by atoms with E-state index in [1.807, 2.05) is 30.3 Å². The standard InChI is InChI=1S/C20H18N4O2/c25-19-14-7-8-24(10-18(14)21-11-22-19)20(26)15-9-17(12-5-6-12)23-16-4-2-1-3-13(15)16/h1-4,9,11-12H,5-8,10H2,(H,21,22,25). The Morgan fingerprint density at radius 2 is 2.08 bits per heavy atom. The molecule has 0 unspecified atom stereocenters. The number of hydrogen-bond donors (Lipinski definition) is 1. The summed E-state index contributed by atoms with van der Waals surface area (Å²) in [6, 6.07) is 9.76. The van der Waals surface area contributed by atoms with Crippen molar-refractivity contribution in [3.63, 3.8) is 0 Å². The number of pyridine rings is 1. The molecule has 130 valence electrons. The van der Waals surface area contributed by atoms with Gasteiger partial charge in [0, 0.05) is 29.1 Å². The number of fused-ring (bicyclic) bond motifs is 2. The second-order valence-corrected chi connectivity index (χ2v) is 7.02. The first-order chi connectivity index (χ1) is 12.7. The van der Waals surface area contributed by atoms with Crippen LogP contribution >= 0.6 is 0 Å². The van der Waals surface area contributed by atoms with Crippen molar-refractivity contribution in [2.24, 2.45) is 0 Å². The van der Waals surface area contributed by atoms with E-state index in [0.29, 0.717) is 42.2 Å². The van der Waals surface area contributed by atoms with Crippen molar-refractivity contribution in [3.05, 3.63) is 69.5 Å². The van der Waals surface area contributed by atoms with Crippen molar-refractivity contribution in [2.75, 3.05) is 6.54 Å². The average Bonchev–Trinajstić information content (AvgIpc) is 3.52. The third-order valence-corrected chi connectivity index (χ3v) is 5.26.